The van der Waals surface area contributed by atoms with E-state index in [4.69, 9.17) is 9.47 Å². The highest BCUT2D eigenvalue weighted by Gasteiger charge is 2.13. The summed E-state index contributed by atoms with van der Waals surface area (Å²) >= 11 is 0. The lowest BCUT2D eigenvalue weighted by Gasteiger charge is -2.14. The molecule has 0 radical (unpaired) electrons. The first-order chi connectivity index (χ1) is 15.0. The van der Waals surface area contributed by atoms with Crippen LogP contribution in [0.4, 0.5) is 0 Å². The van der Waals surface area contributed by atoms with Gasteiger partial charge in [-0.2, -0.15) is 9.36 Å². The van der Waals surface area contributed by atoms with Gasteiger partial charge in [0.05, 0.1) is 5.69 Å². The summed E-state index contributed by atoms with van der Waals surface area (Å²) in [6, 6.07) is 21.5. The molecule has 0 aliphatic heterocycles. The van der Waals surface area contributed by atoms with E-state index in [9.17, 15) is 4.79 Å². The van der Waals surface area contributed by atoms with Gasteiger partial charge in [0.1, 0.15) is 24.7 Å². The first-order valence-electron chi connectivity index (χ1n) is 10.0. The number of hydrogen-bond acceptors (Lipinski definition) is 5. The van der Waals surface area contributed by atoms with Crippen LogP contribution in [0.5, 0.6) is 11.5 Å². The number of nitrogens with zero attached hydrogens (tertiary/aromatic N) is 4. The molecule has 1 aromatic heterocycles. The van der Waals surface area contributed by atoms with Gasteiger partial charge in [0.2, 0.25) is 0 Å². The maximum absolute atomic E-state index is 12.3. The second kappa shape index (κ2) is 8.87. The molecule has 0 spiro atoms. The Hall–Kier alpha value is -3.87. The van der Waals surface area contributed by atoms with E-state index in [1.807, 2.05) is 61.5 Å². The average Bonchev–Trinajstić information content (AvgIpc) is 3.10. The van der Waals surface area contributed by atoms with E-state index in [-0.39, 0.29) is 12.3 Å². The molecule has 0 atom stereocenters. The molecular formula is C24H24N4O3. The summed E-state index contributed by atoms with van der Waals surface area (Å²) in [4.78, 5) is 12.3. The van der Waals surface area contributed by atoms with E-state index in [1.54, 1.807) is 7.05 Å². The Morgan fingerprint density at radius 1 is 0.839 bits per heavy atom. The molecule has 0 aliphatic rings. The molecule has 4 rings (SSSR count). The summed E-state index contributed by atoms with van der Waals surface area (Å²) in [5.74, 6) is 1.41. The van der Waals surface area contributed by atoms with Gasteiger partial charge in [-0.3, -0.25) is 0 Å². The second-order valence-electron chi connectivity index (χ2n) is 7.41. The van der Waals surface area contributed by atoms with Gasteiger partial charge in [-0.05, 0) is 53.6 Å². The van der Waals surface area contributed by atoms with Crippen LogP contribution in [0.1, 0.15) is 22.3 Å². The van der Waals surface area contributed by atoms with E-state index in [0.29, 0.717) is 18.0 Å². The summed E-state index contributed by atoms with van der Waals surface area (Å²) in [5.41, 5.74) is 4.54. The third kappa shape index (κ3) is 4.66. The van der Waals surface area contributed by atoms with Crippen LogP contribution in [-0.4, -0.2) is 19.8 Å². The number of aryl methyl sites for hydroxylation is 3. The molecular weight excluding hydrogens is 392 g/mol. The van der Waals surface area contributed by atoms with E-state index in [2.05, 4.69) is 29.5 Å². The van der Waals surface area contributed by atoms with Gasteiger partial charge >= 0.3 is 5.69 Å². The number of tetrazole rings is 1. The van der Waals surface area contributed by atoms with Gasteiger partial charge < -0.3 is 9.47 Å². The molecule has 158 valence electrons. The lowest BCUT2D eigenvalue weighted by molar-refractivity contribution is 0.289. The third-order valence-electron chi connectivity index (χ3n) is 5.01. The molecule has 0 saturated carbocycles. The van der Waals surface area contributed by atoms with Crippen molar-refractivity contribution in [2.75, 3.05) is 0 Å². The minimum absolute atomic E-state index is 0.284. The van der Waals surface area contributed by atoms with E-state index in [0.717, 1.165) is 22.4 Å². The average molecular weight is 416 g/mol. The zero-order chi connectivity index (χ0) is 21.8. The molecule has 3 aromatic carbocycles. The fourth-order valence-corrected chi connectivity index (χ4v) is 3.32. The van der Waals surface area contributed by atoms with Crippen molar-refractivity contribution in [1.29, 1.82) is 0 Å². The molecule has 7 heteroatoms. The van der Waals surface area contributed by atoms with E-state index in [1.165, 1.54) is 14.9 Å². The lowest BCUT2D eigenvalue weighted by atomic mass is 10.1. The highest BCUT2D eigenvalue weighted by molar-refractivity contribution is 5.45. The molecule has 31 heavy (non-hydrogen) atoms. The van der Waals surface area contributed by atoms with Crippen LogP contribution in [-0.2, 0) is 20.3 Å². The van der Waals surface area contributed by atoms with Gasteiger partial charge in [0.15, 0.2) is 0 Å². The fraction of sp³-hybridized carbons (Fsp3) is 0.208. The van der Waals surface area contributed by atoms with Crippen LogP contribution in [0.2, 0.25) is 0 Å². The summed E-state index contributed by atoms with van der Waals surface area (Å²) in [5, 5.41) is 7.76. The highest BCUT2D eigenvalue weighted by atomic mass is 16.5. The largest absolute Gasteiger partial charge is 0.489 e. The Balaban J connectivity index is 1.49. The second-order valence-corrected chi connectivity index (χ2v) is 7.41. The Morgan fingerprint density at radius 3 is 2.26 bits per heavy atom. The van der Waals surface area contributed by atoms with Gasteiger partial charge in [0.25, 0.3) is 0 Å². The van der Waals surface area contributed by atoms with Gasteiger partial charge in [0, 0.05) is 18.7 Å². The molecule has 0 fully saturated rings. The lowest BCUT2D eigenvalue weighted by Crippen LogP contribution is -2.23. The van der Waals surface area contributed by atoms with Crippen LogP contribution in [0, 0.1) is 13.8 Å². The Bertz CT molecular complexity index is 1260. The van der Waals surface area contributed by atoms with Crippen molar-refractivity contribution in [2.24, 2.45) is 7.05 Å². The van der Waals surface area contributed by atoms with E-state index >= 15 is 0 Å². The molecule has 0 amide bonds. The van der Waals surface area contributed by atoms with Crippen molar-refractivity contribution >= 4 is 0 Å². The fourth-order valence-electron chi connectivity index (χ4n) is 3.32. The number of aromatic nitrogens is 4. The summed E-state index contributed by atoms with van der Waals surface area (Å²) in [6.07, 6.45) is 0. The minimum Gasteiger partial charge on any atom is -0.489 e. The summed E-state index contributed by atoms with van der Waals surface area (Å²) in [6.45, 7) is 4.81. The van der Waals surface area contributed by atoms with Crippen molar-refractivity contribution in [3.8, 4) is 17.2 Å². The molecule has 0 bridgehead atoms. The van der Waals surface area contributed by atoms with E-state index < -0.39 is 0 Å². The molecule has 0 N–H and O–H groups in total. The van der Waals surface area contributed by atoms with Crippen molar-refractivity contribution in [3.63, 3.8) is 0 Å². The van der Waals surface area contributed by atoms with Crippen LogP contribution < -0.4 is 15.2 Å². The molecule has 0 aliphatic carbocycles. The van der Waals surface area contributed by atoms with Gasteiger partial charge in [-0.15, -0.1) is 0 Å². The number of benzene rings is 3. The molecule has 0 saturated heterocycles. The maximum Gasteiger partial charge on any atom is 0.368 e. The van der Waals surface area contributed by atoms with Gasteiger partial charge in [-0.1, -0.05) is 48.0 Å². The van der Waals surface area contributed by atoms with Crippen molar-refractivity contribution in [1.82, 2.24) is 19.8 Å². The van der Waals surface area contributed by atoms with Crippen molar-refractivity contribution < 1.29 is 9.47 Å². The Labute approximate surface area is 180 Å². The third-order valence-corrected chi connectivity index (χ3v) is 5.01. The molecule has 1 heterocycles. The Kier molecular flexibility index (Phi) is 5.84. The smallest absolute Gasteiger partial charge is 0.368 e. The zero-order valence-electron chi connectivity index (χ0n) is 17.8. The van der Waals surface area contributed by atoms with Crippen LogP contribution in [0.15, 0.2) is 71.5 Å². The standard InChI is InChI=1S/C24H24N4O3/c1-17-7-4-9-19(13-17)15-30-20-10-6-11-21(14-20)31-16-22-18(2)8-5-12-23(22)28-24(29)27(3)25-26-28/h4-14H,15-16H2,1-3H3. The summed E-state index contributed by atoms with van der Waals surface area (Å²) in [7, 11) is 1.57. The van der Waals surface area contributed by atoms with Crippen molar-refractivity contribution in [2.45, 2.75) is 27.1 Å². The Morgan fingerprint density at radius 2 is 1.55 bits per heavy atom. The quantitative estimate of drug-likeness (QED) is 0.459. The van der Waals surface area contributed by atoms with Gasteiger partial charge in [-0.25, -0.2) is 4.79 Å². The topological polar surface area (TPSA) is 71.2 Å². The monoisotopic (exact) mass is 416 g/mol. The van der Waals surface area contributed by atoms with Crippen LogP contribution >= 0.6 is 0 Å². The molecule has 0 unspecified atom stereocenters. The molecule has 7 nitrogen and oxygen atoms in total. The minimum atomic E-state index is -0.307. The maximum atomic E-state index is 12.3. The van der Waals surface area contributed by atoms with Crippen LogP contribution in [0.3, 0.4) is 0 Å². The van der Waals surface area contributed by atoms with Crippen molar-refractivity contribution in [3.05, 3.63) is 99.5 Å². The normalized spacial score (nSPS) is 10.8. The first-order valence-corrected chi connectivity index (χ1v) is 10.0. The summed E-state index contributed by atoms with van der Waals surface area (Å²) < 4.78 is 14.5. The first kappa shape index (κ1) is 20.4. The number of rotatable bonds is 7. The predicted octanol–water partition coefficient (Wildman–Crippen LogP) is 3.74. The molecule has 4 aromatic rings. The highest BCUT2D eigenvalue weighted by Crippen LogP contribution is 2.24. The SMILES string of the molecule is Cc1cccc(COc2cccc(OCc3c(C)cccc3-n3nnn(C)c3=O)c2)c1. The zero-order valence-corrected chi connectivity index (χ0v) is 17.8. The van der Waals surface area contributed by atoms with Crippen LogP contribution in [0.25, 0.3) is 5.69 Å². The predicted molar refractivity (Wildman–Crippen MR) is 118 cm³/mol. The number of hydrogen-bond donors (Lipinski definition) is 0. The number of ether oxygens (including phenoxy) is 2.